The van der Waals surface area contributed by atoms with E-state index in [1.54, 1.807) is 0 Å². The van der Waals surface area contributed by atoms with Crippen LogP contribution in [-0.4, -0.2) is 10.8 Å². The van der Waals surface area contributed by atoms with Gasteiger partial charge in [0.15, 0.2) is 0 Å². The quantitative estimate of drug-likeness (QED) is 0.367. The smallest absolute Gasteiger partial charge is 0.361 e. The summed E-state index contributed by atoms with van der Waals surface area (Å²) in [4.78, 5) is 0. The van der Waals surface area contributed by atoms with E-state index in [1.807, 2.05) is 5.92 Å². The van der Waals surface area contributed by atoms with Crippen LogP contribution in [0.1, 0.15) is 0 Å². The van der Waals surface area contributed by atoms with E-state index in [-0.39, 0.29) is 0 Å². The average Bonchev–Trinajstić information content (AvgIpc) is 2.36. The lowest BCUT2D eigenvalue weighted by atomic mass is 10.3. The molecule has 0 spiro atoms. The molecule has 0 saturated heterocycles. The molecule has 0 aliphatic rings. The van der Waals surface area contributed by atoms with Crippen LogP contribution < -0.4 is 4.18 Å². The van der Waals surface area contributed by atoms with Crippen molar-refractivity contribution in [1.82, 2.24) is 0 Å². The van der Waals surface area contributed by atoms with Crippen molar-refractivity contribution in [3.05, 3.63) is 29.1 Å². The largest absolute Gasteiger partial charge is 0.373 e. The Bertz CT molecular complexity index is 511. The molecule has 0 aromatic heterocycles. The Morgan fingerprint density at radius 1 is 1.00 bits per heavy atom. The van der Waals surface area contributed by atoms with Gasteiger partial charge in [0.05, 0.1) is 0 Å². The van der Waals surface area contributed by atoms with Crippen molar-refractivity contribution in [2.75, 3.05) is 6.61 Å². The predicted octanol–water partition coefficient (Wildman–Crippen LogP) is 1.99. The Morgan fingerprint density at radius 2 is 1.44 bits per heavy atom. The van der Waals surface area contributed by atoms with Crippen molar-refractivity contribution in [3.63, 3.8) is 0 Å². The summed E-state index contributed by atoms with van der Waals surface area (Å²) in [7, 11) is 0. The molecule has 1 rings (SSSR count). The summed E-state index contributed by atoms with van der Waals surface area (Å²) in [5.74, 6) is -11.2. The van der Waals surface area contributed by atoms with Crippen molar-refractivity contribution < 1.29 is 34.5 Å². The highest BCUT2D eigenvalue weighted by Crippen LogP contribution is 2.29. The number of benzene rings is 1. The van der Waals surface area contributed by atoms with Crippen LogP contribution in [-0.2, 0) is 15.5 Å². The average molecular weight is 286 g/mol. The highest BCUT2D eigenvalue weighted by Gasteiger charge is 2.28. The van der Waals surface area contributed by atoms with Crippen molar-refractivity contribution in [1.29, 1.82) is 0 Å². The van der Waals surface area contributed by atoms with Crippen LogP contribution in [0.5, 0.6) is 5.75 Å². The second-order valence-electron chi connectivity index (χ2n) is 2.65. The number of terminal acetylenes is 1. The monoisotopic (exact) mass is 286 g/mol. The molecule has 18 heavy (non-hydrogen) atoms. The molecule has 0 fully saturated rings. The van der Waals surface area contributed by atoms with Gasteiger partial charge in [0, 0.05) is 0 Å². The first-order chi connectivity index (χ1) is 8.40. The van der Waals surface area contributed by atoms with Gasteiger partial charge in [-0.25, -0.2) is 17.4 Å². The third-order valence-corrected chi connectivity index (χ3v) is 2.17. The second-order valence-corrected chi connectivity index (χ2v) is 3.46. The Labute approximate surface area is 100 Å². The Morgan fingerprint density at radius 3 is 1.89 bits per heavy atom. The van der Waals surface area contributed by atoms with E-state index >= 15 is 0 Å². The molecule has 0 amide bonds. The molecule has 1 aromatic rings. The Hall–Kier alpha value is -1.66. The summed E-state index contributed by atoms with van der Waals surface area (Å²) < 4.78 is 83.0. The van der Waals surface area contributed by atoms with Gasteiger partial charge in [-0.3, -0.25) is 0 Å². The summed E-state index contributed by atoms with van der Waals surface area (Å²) in [6.45, 7) is -0.540. The third-order valence-electron chi connectivity index (χ3n) is 1.56. The molecule has 9 heteroatoms. The molecule has 1 atom stereocenters. The van der Waals surface area contributed by atoms with Crippen molar-refractivity contribution in [3.8, 4) is 18.1 Å². The zero-order valence-electron chi connectivity index (χ0n) is 8.31. The maximum Gasteiger partial charge on any atom is 0.361 e. The summed E-state index contributed by atoms with van der Waals surface area (Å²) in [5, 5.41) is 0. The van der Waals surface area contributed by atoms with Crippen LogP contribution in [0, 0.1) is 41.4 Å². The highest BCUT2D eigenvalue weighted by molar-refractivity contribution is 7.75. The maximum atomic E-state index is 13.0. The molecule has 0 radical (unpaired) electrons. The van der Waals surface area contributed by atoms with Gasteiger partial charge >= 0.3 is 11.4 Å². The summed E-state index contributed by atoms with van der Waals surface area (Å²) >= 11 is -2.79. The molecular formula is C9H3F5O3S. The van der Waals surface area contributed by atoms with E-state index in [2.05, 4.69) is 8.37 Å². The van der Waals surface area contributed by atoms with Gasteiger partial charge in [0.25, 0.3) is 0 Å². The molecule has 98 valence electrons. The SMILES string of the molecule is C#CCOS(=O)Oc1c(F)c(F)c(F)c(F)c1F. The molecule has 1 aromatic carbocycles. The van der Waals surface area contributed by atoms with Crippen molar-refractivity contribution >= 4 is 11.4 Å². The van der Waals surface area contributed by atoms with Crippen LogP contribution in [0.3, 0.4) is 0 Å². The second kappa shape index (κ2) is 5.79. The van der Waals surface area contributed by atoms with Gasteiger partial charge < -0.3 is 4.18 Å². The zero-order valence-corrected chi connectivity index (χ0v) is 9.12. The molecular weight excluding hydrogens is 283 g/mol. The van der Waals surface area contributed by atoms with E-state index in [0.29, 0.717) is 0 Å². The summed E-state index contributed by atoms with van der Waals surface area (Å²) in [6.07, 6.45) is 4.72. The molecule has 1 unspecified atom stereocenters. The molecule has 0 aliphatic heterocycles. The summed E-state index contributed by atoms with van der Waals surface area (Å²) in [5.41, 5.74) is 0. The zero-order chi connectivity index (χ0) is 13.9. The minimum atomic E-state index is -2.79. The van der Waals surface area contributed by atoms with E-state index in [1.165, 1.54) is 0 Å². The van der Waals surface area contributed by atoms with Gasteiger partial charge in [0.1, 0.15) is 6.61 Å². The van der Waals surface area contributed by atoms with E-state index in [4.69, 9.17) is 6.42 Å². The van der Waals surface area contributed by atoms with Gasteiger partial charge in [0.2, 0.25) is 34.8 Å². The fourth-order valence-electron chi connectivity index (χ4n) is 0.832. The van der Waals surface area contributed by atoms with Gasteiger partial charge in [-0.1, -0.05) is 5.92 Å². The lowest BCUT2D eigenvalue weighted by Gasteiger charge is -2.07. The first-order valence-corrected chi connectivity index (χ1v) is 5.08. The number of hydrogen-bond donors (Lipinski definition) is 0. The van der Waals surface area contributed by atoms with Crippen LogP contribution in [0.15, 0.2) is 0 Å². The predicted molar refractivity (Wildman–Crippen MR) is 49.8 cm³/mol. The molecule has 0 heterocycles. The topological polar surface area (TPSA) is 35.5 Å². The van der Waals surface area contributed by atoms with Crippen LogP contribution in [0.25, 0.3) is 0 Å². The maximum absolute atomic E-state index is 13.0. The van der Waals surface area contributed by atoms with Gasteiger partial charge in [-0.05, 0) is 0 Å². The molecule has 0 saturated carbocycles. The van der Waals surface area contributed by atoms with Crippen molar-refractivity contribution in [2.45, 2.75) is 0 Å². The van der Waals surface area contributed by atoms with Crippen LogP contribution in [0.4, 0.5) is 22.0 Å². The molecule has 0 N–H and O–H groups in total. The fraction of sp³-hybridized carbons (Fsp3) is 0.111. The van der Waals surface area contributed by atoms with Gasteiger partial charge in [-0.2, -0.15) is 13.0 Å². The molecule has 3 nitrogen and oxygen atoms in total. The van der Waals surface area contributed by atoms with E-state index < -0.39 is 52.8 Å². The minimum absolute atomic E-state index is 0.540. The fourth-order valence-corrected chi connectivity index (χ4v) is 1.33. The normalized spacial score (nSPS) is 12.0. The molecule has 0 aliphatic carbocycles. The number of rotatable bonds is 4. The van der Waals surface area contributed by atoms with Crippen LogP contribution in [0.2, 0.25) is 0 Å². The number of halogens is 5. The third kappa shape index (κ3) is 2.77. The Balaban J connectivity index is 3.11. The highest BCUT2D eigenvalue weighted by atomic mass is 32.2. The lowest BCUT2D eigenvalue weighted by molar-refractivity contribution is 0.319. The minimum Gasteiger partial charge on any atom is -0.373 e. The molecule has 0 bridgehead atoms. The lowest BCUT2D eigenvalue weighted by Crippen LogP contribution is -2.11. The number of hydrogen-bond acceptors (Lipinski definition) is 3. The van der Waals surface area contributed by atoms with E-state index in [0.717, 1.165) is 0 Å². The van der Waals surface area contributed by atoms with E-state index in [9.17, 15) is 26.2 Å². The standard InChI is InChI=1S/C9H3F5O3S/c1-2-3-16-18(15)17-9-7(13)5(11)4(10)6(12)8(9)14/h1H,3H2. The van der Waals surface area contributed by atoms with Crippen LogP contribution >= 0.6 is 0 Å². The van der Waals surface area contributed by atoms with Crippen molar-refractivity contribution in [2.24, 2.45) is 0 Å². The van der Waals surface area contributed by atoms with Gasteiger partial charge in [-0.15, -0.1) is 6.42 Å². The summed E-state index contributed by atoms with van der Waals surface area (Å²) in [6, 6.07) is 0. The first-order valence-electron chi connectivity index (χ1n) is 4.08. The Kier molecular flexibility index (Phi) is 4.63. The first kappa shape index (κ1) is 14.4.